The Morgan fingerprint density at radius 2 is 2.20 bits per heavy atom. The average molecular weight is 272 g/mol. The Morgan fingerprint density at radius 1 is 1.47 bits per heavy atom. The van der Waals surface area contributed by atoms with Crippen molar-refractivity contribution < 1.29 is 4.74 Å². The highest BCUT2D eigenvalue weighted by Crippen LogP contribution is 2.27. The van der Waals surface area contributed by atoms with E-state index in [-0.39, 0.29) is 5.95 Å². The zero-order chi connectivity index (χ0) is 10.7. The van der Waals surface area contributed by atoms with Crippen LogP contribution >= 0.6 is 15.9 Å². The highest BCUT2D eigenvalue weighted by Gasteiger charge is 2.16. The molecule has 0 bridgehead atoms. The zero-order valence-electron chi connectivity index (χ0n) is 8.45. The summed E-state index contributed by atoms with van der Waals surface area (Å²) >= 11 is 3.33. The third-order valence-electron chi connectivity index (χ3n) is 2.66. The van der Waals surface area contributed by atoms with E-state index in [9.17, 15) is 0 Å². The molecule has 4 nitrogen and oxygen atoms in total. The van der Waals surface area contributed by atoms with Crippen LogP contribution in [0.5, 0.6) is 5.88 Å². The molecule has 1 fully saturated rings. The van der Waals surface area contributed by atoms with Crippen LogP contribution in [0, 0.1) is 5.92 Å². The van der Waals surface area contributed by atoms with Gasteiger partial charge >= 0.3 is 0 Å². The minimum atomic E-state index is 0.250. The van der Waals surface area contributed by atoms with Gasteiger partial charge in [-0.2, -0.15) is 4.98 Å². The smallest absolute Gasteiger partial charge is 0.232 e. The summed E-state index contributed by atoms with van der Waals surface area (Å²) in [4.78, 5) is 7.89. The molecule has 0 amide bonds. The van der Waals surface area contributed by atoms with Crippen LogP contribution in [-0.2, 0) is 0 Å². The summed E-state index contributed by atoms with van der Waals surface area (Å²) in [6, 6.07) is 0. The molecule has 1 aliphatic rings. The van der Waals surface area contributed by atoms with E-state index in [1.54, 1.807) is 6.20 Å². The molecule has 2 N–H and O–H groups in total. The highest BCUT2D eigenvalue weighted by atomic mass is 79.9. The average Bonchev–Trinajstić information content (AvgIpc) is 2.72. The lowest BCUT2D eigenvalue weighted by atomic mass is 10.1. The van der Waals surface area contributed by atoms with Crippen LogP contribution in [0.25, 0.3) is 0 Å². The molecule has 0 spiro atoms. The first-order valence-corrected chi connectivity index (χ1v) is 5.96. The van der Waals surface area contributed by atoms with E-state index in [1.165, 1.54) is 25.7 Å². The number of nitrogens with zero attached hydrogens (tertiary/aromatic N) is 2. The number of halogens is 1. The van der Waals surface area contributed by atoms with Crippen molar-refractivity contribution in [2.24, 2.45) is 5.92 Å². The van der Waals surface area contributed by atoms with E-state index in [0.717, 1.165) is 11.1 Å². The lowest BCUT2D eigenvalue weighted by Crippen LogP contribution is -2.10. The van der Waals surface area contributed by atoms with E-state index >= 15 is 0 Å². The van der Waals surface area contributed by atoms with Crippen molar-refractivity contribution in [1.29, 1.82) is 0 Å². The molecule has 15 heavy (non-hydrogen) atoms. The van der Waals surface area contributed by atoms with Crippen LogP contribution in [-0.4, -0.2) is 16.6 Å². The first kappa shape index (κ1) is 10.7. The van der Waals surface area contributed by atoms with Crippen molar-refractivity contribution in [2.45, 2.75) is 25.7 Å². The topological polar surface area (TPSA) is 61.0 Å². The van der Waals surface area contributed by atoms with Crippen LogP contribution in [0.15, 0.2) is 10.7 Å². The van der Waals surface area contributed by atoms with E-state index in [0.29, 0.717) is 11.8 Å². The number of ether oxygens (including phenoxy) is 1. The Balaban J connectivity index is 1.94. The summed E-state index contributed by atoms with van der Waals surface area (Å²) in [5.41, 5.74) is 5.49. The van der Waals surface area contributed by atoms with Crippen LogP contribution < -0.4 is 10.5 Å². The normalized spacial score (nSPS) is 16.9. The summed E-state index contributed by atoms with van der Waals surface area (Å²) < 4.78 is 6.38. The summed E-state index contributed by atoms with van der Waals surface area (Å²) in [7, 11) is 0. The minimum absolute atomic E-state index is 0.250. The fourth-order valence-corrected chi connectivity index (χ4v) is 2.14. The number of hydrogen-bond acceptors (Lipinski definition) is 4. The monoisotopic (exact) mass is 271 g/mol. The van der Waals surface area contributed by atoms with Crippen LogP contribution in [0.1, 0.15) is 25.7 Å². The second-order valence-electron chi connectivity index (χ2n) is 3.84. The van der Waals surface area contributed by atoms with Crippen molar-refractivity contribution >= 4 is 21.9 Å². The number of anilines is 1. The molecule has 0 atom stereocenters. The van der Waals surface area contributed by atoms with Gasteiger partial charge in [-0.3, -0.25) is 0 Å². The highest BCUT2D eigenvalue weighted by molar-refractivity contribution is 9.10. The molecule has 0 radical (unpaired) electrons. The quantitative estimate of drug-likeness (QED) is 0.917. The van der Waals surface area contributed by atoms with E-state index in [1.807, 2.05) is 0 Å². The fraction of sp³-hybridized carbons (Fsp3) is 0.600. The SMILES string of the molecule is Nc1ncc(Br)c(OCC2CCCC2)n1. The summed E-state index contributed by atoms with van der Waals surface area (Å²) in [5.74, 6) is 1.47. The minimum Gasteiger partial charge on any atom is -0.476 e. The van der Waals surface area contributed by atoms with Gasteiger partial charge in [0.25, 0.3) is 0 Å². The molecule has 5 heteroatoms. The molecule has 1 saturated carbocycles. The molecular weight excluding hydrogens is 258 g/mol. The van der Waals surface area contributed by atoms with Gasteiger partial charge < -0.3 is 10.5 Å². The van der Waals surface area contributed by atoms with Crippen molar-refractivity contribution in [1.82, 2.24) is 9.97 Å². The Bertz CT molecular complexity index is 339. The molecule has 0 saturated heterocycles. The van der Waals surface area contributed by atoms with Crippen LogP contribution in [0.3, 0.4) is 0 Å². The standard InChI is InChI=1S/C10H14BrN3O/c11-8-5-13-10(12)14-9(8)15-6-7-3-1-2-4-7/h5,7H,1-4,6H2,(H2,12,13,14). The van der Waals surface area contributed by atoms with Gasteiger partial charge in [0, 0.05) is 0 Å². The number of hydrogen-bond donors (Lipinski definition) is 1. The van der Waals surface area contributed by atoms with Gasteiger partial charge in [0.1, 0.15) is 0 Å². The second-order valence-corrected chi connectivity index (χ2v) is 4.70. The molecule has 82 valence electrons. The van der Waals surface area contributed by atoms with Gasteiger partial charge in [-0.05, 0) is 34.7 Å². The van der Waals surface area contributed by atoms with Gasteiger partial charge in [-0.1, -0.05) is 12.8 Å². The first-order chi connectivity index (χ1) is 7.25. The van der Waals surface area contributed by atoms with E-state index in [2.05, 4.69) is 25.9 Å². The molecule has 0 aliphatic heterocycles. The molecule has 1 aromatic rings. The number of rotatable bonds is 3. The van der Waals surface area contributed by atoms with Gasteiger partial charge in [0.05, 0.1) is 17.3 Å². The number of nitrogens with two attached hydrogens (primary N) is 1. The van der Waals surface area contributed by atoms with Crippen molar-refractivity contribution in [2.75, 3.05) is 12.3 Å². The Labute approximate surface area is 97.4 Å². The molecule has 0 aromatic carbocycles. The fourth-order valence-electron chi connectivity index (χ4n) is 1.84. The first-order valence-electron chi connectivity index (χ1n) is 5.16. The molecule has 1 heterocycles. The Hall–Kier alpha value is -0.840. The maximum absolute atomic E-state index is 5.62. The van der Waals surface area contributed by atoms with Crippen LogP contribution in [0.4, 0.5) is 5.95 Å². The van der Waals surface area contributed by atoms with Crippen molar-refractivity contribution in [3.05, 3.63) is 10.7 Å². The predicted molar refractivity (Wildman–Crippen MR) is 61.6 cm³/mol. The molecule has 2 rings (SSSR count). The zero-order valence-corrected chi connectivity index (χ0v) is 10.0. The van der Waals surface area contributed by atoms with Crippen molar-refractivity contribution in [3.63, 3.8) is 0 Å². The number of nitrogen functional groups attached to an aromatic ring is 1. The summed E-state index contributed by atoms with van der Waals surface area (Å²) in [6.07, 6.45) is 6.78. The molecular formula is C10H14BrN3O. The Morgan fingerprint density at radius 3 is 2.93 bits per heavy atom. The lowest BCUT2D eigenvalue weighted by molar-refractivity contribution is 0.242. The van der Waals surface area contributed by atoms with Gasteiger partial charge in [0.15, 0.2) is 0 Å². The predicted octanol–water partition coefficient (Wildman–Crippen LogP) is 2.39. The summed E-state index contributed by atoms with van der Waals surface area (Å²) in [5, 5.41) is 0. The third kappa shape index (κ3) is 2.81. The lowest BCUT2D eigenvalue weighted by Gasteiger charge is -2.11. The number of aromatic nitrogens is 2. The van der Waals surface area contributed by atoms with E-state index < -0.39 is 0 Å². The Kier molecular flexibility index (Phi) is 3.41. The van der Waals surface area contributed by atoms with Gasteiger partial charge in [-0.15, -0.1) is 0 Å². The second kappa shape index (κ2) is 4.79. The third-order valence-corrected chi connectivity index (χ3v) is 3.21. The van der Waals surface area contributed by atoms with E-state index in [4.69, 9.17) is 10.5 Å². The van der Waals surface area contributed by atoms with Gasteiger partial charge in [-0.25, -0.2) is 4.98 Å². The molecule has 1 aliphatic carbocycles. The van der Waals surface area contributed by atoms with Gasteiger partial charge in [0.2, 0.25) is 11.8 Å². The largest absolute Gasteiger partial charge is 0.476 e. The van der Waals surface area contributed by atoms with Crippen LogP contribution in [0.2, 0.25) is 0 Å². The van der Waals surface area contributed by atoms with Crippen molar-refractivity contribution in [3.8, 4) is 5.88 Å². The summed E-state index contributed by atoms with van der Waals surface area (Å²) in [6.45, 7) is 0.731. The molecule has 0 unspecified atom stereocenters. The molecule has 1 aromatic heterocycles. The maximum Gasteiger partial charge on any atom is 0.232 e. The maximum atomic E-state index is 5.62.